The predicted octanol–water partition coefficient (Wildman–Crippen LogP) is 2.90. The SMILES string of the molecule is CO[C@H]1[C@@H](O[C@@H]2O[C@H](C)[C@@H](O[C@H]3C[C@@](C)(O)[C@@H](O)[C@H](C)O3)[C@H](N(C)C)[C@H]2O)[C@@H](CC=O)C[C@@H](C)[C@@H](O[C@H]2CC[C@H](N(C)C)[C@@H](C)O2)/C=C/C=C\C[C@@H](C)OC(=O)C[C@H]1OC(C)=O. The summed E-state index contributed by atoms with van der Waals surface area (Å²) in [5.41, 5.74) is -1.49. The molecule has 0 saturated carbocycles. The lowest BCUT2D eigenvalue weighted by atomic mass is 9.82. The van der Waals surface area contributed by atoms with E-state index in [-0.39, 0.29) is 37.3 Å². The number of rotatable bonds is 12. The van der Waals surface area contributed by atoms with Crippen LogP contribution in [0.1, 0.15) is 93.4 Å². The minimum absolute atomic E-state index is 0.0293. The van der Waals surface area contributed by atoms with E-state index in [0.717, 1.165) is 12.7 Å². The minimum atomic E-state index is -1.49. The lowest BCUT2D eigenvalue weighted by molar-refractivity contribution is -0.344. The molecule has 0 bridgehead atoms. The molecule has 19 atom stereocenters. The average molecular weight is 885 g/mol. The largest absolute Gasteiger partial charge is 0.462 e. The van der Waals surface area contributed by atoms with Gasteiger partial charge in [-0.25, -0.2) is 0 Å². The van der Waals surface area contributed by atoms with Crippen molar-refractivity contribution in [2.24, 2.45) is 11.8 Å². The van der Waals surface area contributed by atoms with Gasteiger partial charge in [0.25, 0.3) is 0 Å². The molecule has 0 aromatic carbocycles. The van der Waals surface area contributed by atoms with Crippen LogP contribution in [0, 0.1) is 11.8 Å². The van der Waals surface area contributed by atoms with Crippen LogP contribution in [0.2, 0.25) is 0 Å². The van der Waals surface area contributed by atoms with Crippen molar-refractivity contribution in [3.05, 3.63) is 24.3 Å². The van der Waals surface area contributed by atoms with Crippen molar-refractivity contribution in [3.63, 3.8) is 0 Å². The molecule has 0 spiro atoms. The Morgan fingerprint density at radius 1 is 0.903 bits per heavy atom. The molecule has 0 amide bonds. The number of methoxy groups -OCH3 is 1. The number of aldehydes is 1. The predicted molar refractivity (Wildman–Crippen MR) is 226 cm³/mol. The lowest BCUT2D eigenvalue weighted by Gasteiger charge is -2.50. The fraction of sp³-hybridized carbons (Fsp3) is 0.844. The number of ether oxygens (including phenoxy) is 9. The van der Waals surface area contributed by atoms with Gasteiger partial charge in [-0.15, -0.1) is 0 Å². The van der Waals surface area contributed by atoms with Gasteiger partial charge in [0.1, 0.15) is 42.9 Å². The van der Waals surface area contributed by atoms with E-state index in [1.165, 1.54) is 21.0 Å². The highest BCUT2D eigenvalue weighted by molar-refractivity contribution is 5.72. The Morgan fingerprint density at radius 2 is 1.60 bits per heavy atom. The third-order valence-electron chi connectivity index (χ3n) is 12.7. The fourth-order valence-electron chi connectivity index (χ4n) is 9.40. The monoisotopic (exact) mass is 885 g/mol. The quantitative estimate of drug-likeness (QED) is 0.191. The Morgan fingerprint density at radius 3 is 2.19 bits per heavy atom. The summed E-state index contributed by atoms with van der Waals surface area (Å²) in [5.74, 6) is -2.21. The molecule has 17 nitrogen and oxygen atoms in total. The molecule has 0 aliphatic carbocycles. The standard InChI is InChI=1S/C45H76N2O15/c1-25-22-31(20-21-48)41(62-44-39(51)38(47(10)11)40(28(4)58-44)61-37-24-45(7,53)43(52)29(5)57-37)42(54-12)34(59-30(6)49)23-35(50)55-26(2)16-14-13-15-17-33(25)60-36-19-18-32(46(8)9)27(3)56-36/h13-15,17,21,25-29,31-34,36-44,51-53H,16,18-20,22-24H2,1-12H3/b14-13-,17-15+/t25-,26-,27-,28-,29+,31+,32+,33+,34-,36+,37+,38-,39-,40-,41+,42-,43+,44+,45-/m1/s1. The van der Waals surface area contributed by atoms with Gasteiger partial charge in [-0.1, -0.05) is 31.2 Å². The minimum Gasteiger partial charge on any atom is -0.462 e. The maximum atomic E-state index is 13.4. The fourth-order valence-corrected chi connectivity index (χ4v) is 9.40. The topological polar surface area (TPSA) is 201 Å². The smallest absolute Gasteiger partial charge is 0.309 e. The van der Waals surface area contributed by atoms with E-state index < -0.39 is 109 Å². The highest BCUT2D eigenvalue weighted by Crippen LogP contribution is 2.38. The van der Waals surface area contributed by atoms with Crippen molar-refractivity contribution < 1.29 is 72.3 Å². The molecule has 0 aromatic rings. The molecule has 17 heteroatoms. The molecule has 4 aliphatic heterocycles. The number of nitrogens with zero attached hydrogens (tertiary/aromatic N) is 2. The first-order chi connectivity index (χ1) is 29.2. The normalized spacial score (nSPS) is 44.0. The Balaban J connectivity index is 1.73. The highest BCUT2D eigenvalue weighted by Gasteiger charge is 2.52. The van der Waals surface area contributed by atoms with Gasteiger partial charge in [0.15, 0.2) is 18.9 Å². The Labute approximate surface area is 368 Å². The number of likely N-dealkylation sites (N-methyl/N-ethyl adjacent to an activating group) is 2. The van der Waals surface area contributed by atoms with Crippen molar-refractivity contribution in [1.82, 2.24) is 9.80 Å². The Kier molecular flexibility index (Phi) is 20.0. The molecule has 4 aliphatic rings. The molecule has 3 N–H and O–H groups in total. The molecule has 0 radical (unpaired) electrons. The molecule has 0 aromatic heterocycles. The summed E-state index contributed by atoms with van der Waals surface area (Å²) in [6.45, 7) is 12.0. The van der Waals surface area contributed by atoms with E-state index in [2.05, 4.69) is 4.90 Å². The molecule has 4 heterocycles. The number of hydrogen-bond acceptors (Lipinski definition) is 17. The van der Waals surface area contributed by atoms with Crippen LogP contribution in [0.25, 0.3) is 0 Å². The van der Waals surface area contributed by atoms with Crippen molar-refractivity contribution in [3.8, 4) is 0 Å². The van der Waals surface area contributed by atoms with Crippen LogP contribution in [0.3, 0.4) is 0 Å². The zero-order valence-electron chi connectivity index (χ0n) is 38.9. The number of cyclic esters (lactones) is 1. The van der Waals surface area contributed by atoms with Crippen LogP contribution in [0.5, 0.6) is 0 Å². The van der Waals surface area contributed by atoms with Gasteiger partial charge in [-0.3, -0.25) is 9.59 Å². The summed E-state index contributed by atoms with van der Waals surface area (Å²) in [6.07, 6.45) is -1.81. The molecule has 356 valence electrons. The summed E-state index contributed by atoms with van der Waals surface area (Å²) in [7, 11) is 9.02. The molecular weight excluding hydrogens is 808 g/mol. The number of esters is 2. The van der Waals surface area contributed by atoms with Crippen LogP contribution in [0.4, 0.5) is 0 Å². The van der Waals surface area contributed by atoms with Crippen LogP contribution in [-0.2, 0) is 57.0 Å². The number of hydrogen-bond donors (Lipinski definition) is 3. The highest BCUT2D eigenvalue weighted by atomic mass is 16.7. The third-order valence-corrected chi connectivity index (χ3v) is 12.7. The summed E-state index contributed by atoms with van der Waals surface area (Å²) in [5, 5.41) is 33.6. The summed E-state index contributed by atoms with van der Waals surface area (Å²) in [4.78, 5) is 42.7. The van der Waals surface area contributed by atoms with E-state index in [4.69, 9.17) is 42.6 Å². The Hall–Kier alpha value is -2.39. The first-order valence-electron chi connectivity index (χ1n) is 22.2. The Bertz CT molecular complexity index is 1480. The number of aliphatic hydroxyl groups is 3. The molecule has 4 rings (SSSR count). The second-order valence-corrected chi connectivity index (χ2v) is 18.4. The van der Waals surface area contributed by atoms with Crippen molar-refractivity contribution in [1.29, 1.82) is 0 Å². The van der Waals surface area contributed by atoms with Crippen LogP contribution >= 0.6 is 0 Å². The summed E-state index contributed by atoms with van der Waals surface area (Å²) >= 11 is 0. The van der Waals surface area contributed by atoms with Gasteiger partial charge in [0, 0.05) is 39.3 Å². The zero-order valence-corrected chi connectivity index (χ0v) is 38.9. The number of carbonyl (C=O) groups excluding carboxylic acids is 3. The van der Waals surface area contributed by atoms with E-state index in [1.807, 2.05) is 52.2 Å². The molecule has 62 heavy (non-hydrogen) atoms. The maximum Gasteiger partial charge on any atom is 0.309 e. The molecule has 0 unspecified atom stereocenters. The van der Waals surface area contributed by atoms with Crippen LogP contribution < -0.4 is 0 Å². The van der Waals surface area contributed by atoms with E-state index in [1.54, 1.807) is 39.8 Å². The zero-order chi connectivity index (χ0) is 46.1. The van der Waals surface area contributed by atoms with Crippen molar-refractivity contribution >= 4 is 18.2 Å². The van der Waals surface area contributed by atoms with Gasteiger partial charge in [0.05, 0.1) is 48.6 Å². The third kappa shape index (κ3) is 14.1. The van der Waals surface area contributed by atoms with Gasteiger partial charge >= 0.3 is 11.9 Å². The summed E-state index contributed by atoms with van der Waals surface area (Å²) < 4.78 is 56.3. The average Bonchev–Trinajstić information content (AvgIpc) is 3.16. The van der Waals surface area contributed by atoms with Gasteiger partial charge in [-0.05, 0) is 93.9 Å². The number of carbonyl (C=O) groups is 3. The second-order valence-electron chi connectivity index (χ2n) is 18.4. The van der Waals surface area contributed by atoms with Gasteiger partial charge in [-0.2, -0.15) is 0 Å². The van der Waals surface area contributed by atoms with Crippen molar-refractivity contribution in [2.45, 2.75) is 197 Å². The molecule has 3 fully saturated rings. The second kappa shape index (κ2) is 23.7. The molecular formula is C45H76N2O15. The first kappa shape index (κ1) is 52.2. The van der Waals surface area contributed by atoms with Crippen LogP contribution in [0.15, 0.2) is 24.3 Å². The number of aliphatic hydroxyl groups excluding tert-OH is 2. The van der Waals surface area contributed by atoms with Gasteiger partial charge in [0.2, 0.25) is 0 Å². The first-order valence-corrected chi connectivity index (χ1v) is 22.2. The maximum absolute atomic E-state index is 13.4. The van der Waals surface area contributed by atoms with Gasteiger partial charge < -0.3 is 72.5 Å². The van der Waals surface area contributed by atoms with E-state index in [9.17, 15) is 29.7 Å². The van der Waals surface area contributed by atoms with Crippen LogP contribution in [-0.4, -0.2) is 182 Å². The van der Waals surface area contributed by atoms with E-state index in [0.29, 0.717) is 19.3 Å². The lowest BCUT2D eigenvalue weighted by Crippen LogP contribution is -2.65. The number of allylic oxidation sites excluding steroid dienone is 2. The summed E-state index contributed by atoms with van der Waals surface area (Å²) in [6, 6.07) is -0.509. The van der Waals surface area contributed by atoms with E-state index >= 15 is 0 Å². The van der Waals surface area contributed by atoms with Crippen molar-refractivity contribution in [2.75, 3.05) is 35.3 Å². The molecule has 3 saturated heterocycles.